The van der Waals surface area contributed by atoms with Gasteiger partial charge in [0.05, 0.1) is 5.56 Å². The molecule has 0 spiro atoms. The highest BCUT2D eigenvalue weighted by atomic mass is 19.4. The number of piperazine rings is 1. The number of benzene rings is 1. The third-order valence-corrected chi connectivity index (χ3v) is 7.44. The molecular weight excluding hydrogens is 492 g/mol. The molecule has 1 fully saturated rings. The lowest BCUT2D eigenvalue weighted by atomic mass is 9.94. The molecule has 1 saturated heterocycles. The van der Waals surface area contributed by atoms with Crippen molar-refractivity contribution >= 4 is 23.3 Å². The Hall–Kier alpha value is -3.28. The number of fused-ring (bicyclic) bond motifs is 1. The average Bonchev–Trinajstić information content (AvgIpc) is 3.20. The summed E-state index contributed by atoms with van der Waals surface area (Å²) < 4.78 is 57.9. The number of rotatable bonds is 6. The van der Waals surface area contributed by atoms with Crippen LogP contribution in [0.5, 0.6) is 0 Å². The molecule has 0 bridgehead atoms. The molecule has 0 amide bonds. The second kappa shape index (κ2) is 9.88. The van der Waals surface area contributed by atoms with E-state index in [0.29, 0.717) is 55.3 Å². The van der Waals surface area contributed by atoms with Gasteiger partial charge in [0.1, 0.15) is 17.0 Å². The predicted molar refractivity (Wildman–Crippen MR) is 131 cm³/mol. The number of aldehydes is 1. The zero-order chi connectivity index (χ0) is 27.2. The van der Waals surface area contributed by atoms with Gasteiger partial charge in [-0.3, -0.25) is 14.3 Å². The topological polar surface area (TPSA) is 76.3 Å². The van der Waals surface area contributed by atoms with Gasteiger partial charge in [0.2, 0.25) is 0 Å². The Kier molecular flexibility index (Phi) is 7.15. The first-order valence-corrected chi connectivity index (χ1v) is 12.2. The van der Waals surface area contributed by atoms with E-state index in [4.69, 9.17) is 0 Å². The Morgan fingerprint density at radius 1 is 1.08 bits per heavy atom. The van der Waals surface area contributed by atoms with Gasteiger partial charge in [-0.05, 0) is 37.5 Å². The van der Waals surface area contributed by atoms with Gasteiger partial charge >= 0.3 is 11.9 Å². The number of anilines is 1. The first kappa shape index (κ1) is 26.8. The second-order valence-electron chi connectivity index (χ2n) is 9.47. The number of imidazole rings is 1. The van der Waals surface area contributed by atoms with Crippen LogP contribution in [0.15, 0.2) is 23.0 Å². The van der Waals surface area contributed by atoms with Gasteiger partial charge in [0.15, 0.2) is 17.9 Å². The molecule has 0 saturated carbocycles. The van der Waals surface area contributed by atoms with Crippen molar-refractivity contribution in [3.05, 3.63) is 51.5 Å². The number of hydrogen-bond acceptors (Lipinski definition) is 6. The summed E-state index contributed by atoms with van der Waals surface area (Å²) in [5, 5.41) is 0. The van der Waals surface area contributed by atoms with E-state index in [0.717, 1.165) is 6.07 Å². The van der Waals surface area contributed by atoms with E-state index in [-0.39, 0.29) is 23.5 Å². The number of carbonyl (C=O) groups is 1. The number of carbonyl (C=O) groups excluding carboxylic acids is 1. The van der Waals surface area contributed by atoms with Gasteiger partial charge in [0.25, 0.3) is 0 Å². The molecule has 37 heavy (non-hydrogen) atoms. The minimum atomic E-state index is -4.69. The molecule has 200 valence electrons. The van der Waals surface area contributed by atoms with Crippen molar-refractivity contribution in [1.82, 2.24) is 24.0 Å². The van der Waals surface area contributed by atoms with Crippen LogP contribution >= 0.6 is 0 Å². The van der Waals surface area contributed by atoms with Crippen molar-refractivity contribution in [2.24, 2.45) is 14.1 Å². The first-order valence-electron chi connectivity index (χ1n) is 12.2. The molecule has 3 heterocycles. The van der Waals surface area contributed by atoms with Crippen molar-refractivity contribution in [2.45, 2.75) is 57.9 Å². The summed E-state index contributed by atoms with van der Waals surface area (Å²) in [6.07, 6.45) is -2.83. The highest BCUT2D eigenvalue weighted by molar-refractivity contribution is 5.88. The maximum absolute atomic E-state index is 13.8. The second-order valence-corrected chi connectivity index (χ2v) is 9.47. The summed E-state index contributed by atoms with van der Waals surface area (Å²) in [4.78, 5) is 37.0. The third-order valence-electron chi connectivity index (χ3n) is 7.44. The summed E-state index contributed by atoms with van der Waals surface area (Å²) in [5.41, 5.74) is -0.584. The van der Waals surface area contributed by atoms with Crippen molar-refractivity contribution in [3.63, 3.8) is 0 Å². The van der Waals surface area contributed by atoms with Crippen LogP contribution in [0.4, 0.5) is 23.4 Å². The number of aryl methyl sites for hydroxylation is 2. The normalized spacial score (nSPS) is 20.0. The molecule has 8 nitrogen and oxygen atoms in total. The summed E-state index contributed by atoms with van der Waals surface area (Å²) in [7, 11) is 3.21. The summed E-state index contributed by atoms with van der Waals surface area (Å²) in [6.45, 7) is 6.40. The fraction of sp³-hybridized carbons (Fsp3) is 0.520. The molecule has 0 N–H and O–H groups in total. The van der Waals surface area contributed by atoms with E-state index in [2.05, 4.69) is 9.97 Å². The van der Waals surface area contributed by atoms with Gasteiger partial charge in [-0.25, -0.2) is 14.2 Å². The molecule has 0 aliphatic carbocycles. The molecule has 4 rings (SSSR count). The molecule has 1 unspecified atom stereocenters. The lowest BCUT2D eigenvalue weighted by molar-refractivity contribution is -0.139. The Balaban J connectivity index is 1.77. The van der Waals surface area contributed by atoms with Crippen LogP contribution in [0.1, 0.15) is 61.4 Å². The average molecular weight is 523 g/mol. The Morgan fingerprint density at radius 3 is 2.35 bits per heavy atom. The predicted octanol–water partition coefficient (Wildman–Crippen LogP) is 4.08. The largest absolute Gasteiger partial charge is 0.416 e. The number of halogens is 4. The van der Waals surface area contributed by atoms with Gasteiger partial charge in [0, 0.05) is 45.3 Å². The molecule has 12 heteroatoms. The molecule has 3 atom stereocenters. The maximum atomic E-state index is 13.8. The highest BCUT2D eigenvalue weighted by Gasteiger charge is 2.40. The maximum Gasteiger partial charge on any atom is 0.416 e. The van der Waals surface area contributed by atoms with Crippen molar-refractivity contribution in [2.75, 3.05) is 18.0 Å². The smallest absolute Gasteiger partial charge is 0.349 e. The number of hydrogen-bond donors (Lipinski definition) is 0. The molecule has 0 radical (unpaired) electrons. The highest BCUT2D eigenvalue weighted by Crippen LogP contribution is 2.39. The molecule has 1 aromatic carbocycles. The Morgan fingerprint density at radius 2 is 1.76 bits per heavy atom. The zero-order valence-electron chi connectivity index (χ0n) is 21.4. The fourth-order valence-corrected chi connectivity index (χ4v) is 5.39. The van der Waals surface area contributed by atoms with E-state index >= 15 is 0 Å². The molecule has 1 aliphatic heterocycles. The monoisotopic (exact) mass is 522 g/mol. The van der Waals surface area contributed by atoms with Gasteiger partial charge in [-0.15, -0.1) is 0 Å². The lowest BCUT2D eigenvalue weighted by Crippen LogP contribution is -2.59. The van der Waals surface area contributed by atoms with Crippen LogP contribution in [-0.4, -0.2) is 55.5 Å². The summed E-state index contributed by atoms with van der Waals surface area (Å²) >= 11 is 0. The standard InChI is InChI=1S/C25H30F4N6O2/c1-6-16-12-35(22-21-23(33(5)24(37)31-22)32(4)20(13-36)30-21)17(7-2)11-34(16)14(3)18-9-8-15(26)10-19(18)25(27,28)29/h8-10,13-14,16-17H,6-7,11-12H2,1-5H3/t14?,16-,17+/m1/s1. The van der Waals surface area contributed by atoms with E-state index < -0.39 is 29.3 Å². The van der Waals surface area contributed by atoms with Gasteiger partial charge in [-0.2, -0.15) is 18.2 Å². The Labute approximate surface area is 211 Å². The van der Waals surface area contributed by atoms with E-state index in [1.807, 2.05) is 23.6 Å². The van der Waals surface area contributed by atoms with Crippen LogP contribution in [0.2, 0.25) is 0 Å². The quantitative estimate of drug-likeness (QED) is 0.359. The van der Waals surface area contributed by atoms with E-state index in [9.17, 15) is 27.2 Å². The van der Waals surface area contributed by atoms with Gasteiger partial charge in [-0.1, -0.05) is 19.9 Å². The zero-order valence-corrected chi connectivity index (χ0v) is 21.4. The SMILES string of the molecule is CC[C@H]1CN(C(C)c2ccc(F)cc2C(F)(F)F)[C@H](CC)CN1c1nc(=O)n(C)c2c1nc(C=O)n2C. The molecule has 2 aromatic heterocycles. The third kappa shape index (κ3) is 4.62. The van der Waals surface area contributed by atoms with E-state index in [1.165, 1.54) is 10.6 Å². The molecular formula is C25H30F4N6O2. The minimum Gasteiger partial charge on any atom is -0.349 e. The van der Waals surface area contributed by atoms with Crippen molar-refractivity contribution in [1.29, 1.82) is 0 Å². The number of alkyl halides is 3. The van der Waals surface area contributed by atoms with Crippen LogP contribution in [0, 0.1) is 5.82 Å². The van der Waals surface area contributed by atoms with Crippen LogP contribution in [0.3, 0.4) is 0 Å². The molecule has 3 aromatic rings. The Bertz CT molecular complexity index is 1380. The number of aromatic nitrogens is 4. The first-order chi connectivity index (χ1) is 17.4. The van der Waals surface area contributed by atoms with Crippen molar-refractivity contribution in [3.8, 4) is 0 Å². The van der Waals surface area contributed by atoms with Crippen LogP contribution < -0.4 is 10.6 Å². The van der Waals surface area contributed by atoms with E-state index in [1.54, 1.807) is 25.6 Å². The number of nitrogens with zero attached hydrogens (tertiary/aromatic N) is 6. The lowest BCUT2D eigenvalue weighted by Gasteiger charge is -2.49. The molecule has 1 aliphatic rings. The minimum absolute atomic E-state index is 0.0186. The van der Waals surface area contributed by atoms with Gasteiger partial charge < -0.3 is 9.47 Å². The van der Waals surface area contributed by atoms with Crippen LogP contribution in [0.25, 0.3) is 11.2 Å². The fourth-order valence-electron chi connectivity index (χ4n) is 5.39. The summed E-state index contributed by atoms with van der Waals surface area (Å²) in [5.74, 6) is -0.419. The summed E-state index contributed by atoms with van der Waals surface area (Å²) in [6, 6.07) is 1.81. The van der Waals surface area contributed by atoms with Crippen LogP contribution in [-0.2, 0) is 20.3 Å². The van der Waals surface area contributed by atoms with Crippen molar-refractivity contribution < 1.29 is 22.4 Å².